The molecule has 0 spiro atoms. The quantitative estimate of drug-likeness (QED) is 0.899. The second-order valence-corrected chi connectivity index (χ2v) is 3.99. The molecule has 0 atom stereocenters. The molecule has 106 valence electrons. The van der Waals surface area contributed by atoms with E-state index >= 15 is 0 Å². The highest BCUT2D eigenvalue weighted by Crippen LogP contribution is 2.14. The van der Waals surface area contributed by atoms with Crippen LogP contribution in [0.5, 0.6) is 0 Å². The number of carbonyl (C=O) groups is 1. The zero-order valence-electron chi connectivity index (χ0n) is 10.6. The van der Waals surface area contributed by atoms with Gasteiger partial charge in [0.2, 0.25) is 5.89 Å². The van der Waals surface area contributed by atoms with Crippen LogP contribution in [0, 0.1) is 18.6 Å². The molecule has 2 aromatic rings. The first-order valence-electron chi connectivity index (χ1n) is 5.83. The maximum absolute atomic E-state index is 13.3. The Hall–Kier alpha value is -2.51. The summed E-state index contributed by atoms with van der Waals surface area (Å²) in [4.78, 5) is 15.5. The SMILES string of the molecule is Cc1noc(CCNC(=O)Nc2ccc(F)cc2F)n1. The molecule has 1 aromatic heterocycles. The van der Waals surface area contributed by atoms with Crippen LogP contribution in [-0.2, 0) is 6.42 Å². The van der Waals surface area contributed by atoms with Crippen molar-refractivity contribution in [2.24, 2.45) is 0 Å². The van der Waals surface area contributed by atoms with Crippen molar-refractivity contribution >= 4 is 11.7 Å². The molecule has 6 nitrogen and oxygen atoms in total. The van der Waals surface area contributed by atoms with Crippen LogP contribution in [0.25, 0.3) is 0 Å². The number of nitrogens with one attached hydrogen (secondary N) is 2. The van der Waals surface area contributed by atoms with Gasteiger partial charge in [-0.3, -0.25) is 0 Å². The Bertz CT molecular complexity index is 615. The van der Waals surface area contributed by atoms with Crippen molar-refractivity contribution in [3.05, 3.63) is 41.5 Å². The Balaban J connectivity index is 1.80. The minimum absolute atomic E-state index is 0.0995. The number of aryl methyl sites for hydroxylation is 1. The maximum atomic E-state index is 13.3. The Labute approximate surface area is 113 Å². The number of rotatable bonds is 4. The predicted molar refractivity (Wildman–Crippen MR) is 66.1 cm³/mol. The van der Waals surface area contributed by atoms with E-state index < -0.39 is 17.7 Å². The molecule has 0 fully saturated rings. The second kappa shape index (κ2) is 6.09. The Morgan fingerprint density at radius 3 is 2.85 bits per heavy atom. The number of amides is 2. The van der Waals surface area contributed by atoms with Crippen LogP contribution in [0.1, 0.15) is 11.7 Å². The van der Waals surface area contributed by atoms with E-state index in [0.29, 0.717) is 24.2 Å². The lowest BCUT2D eigenvalue weighted by atomic mass is 10.3. The van der Waals surface area contributed by atoms with Crippen LogP contribution >= 0.6 is 0 Å². The molecule has 8 heteroatoms. The average molecular weight is 282 g/mol. The van der Waals surface area contributed by atoms with Gasteiger partial charge in [-0.2, -0.15) is 4.98 Å². The number of carbonyl (C=O) groups excluding carboxylic acids is 1. The highest BCUT2D eigenvalue weighted by atomic mass is 19.1. The van der Waals surface area contributed by atoms with Gasteiger partial charge in [0.1, 0.15) is 11.6 Å². The van der Waals surface area contributed by atoms with Crippen molar-refractivity contribution in [1.82, 2.24) is 15.5 Å². The van der Waals surface area contributed by atoms with Gasteiger partial charge >= 0.3 is 6.03 Å². The molecule has 0 aliphatic rings. The van der Waals surface area contributed by atoms with Gasteiger partial charge in [-0.1, -0.05) is 5.16 Å². The Morgan fingerprint density at radius 1 is 1.40 bits per heavy atom. The molecule has 0 saturated carbocycles. The summed E-state index contributed by atoms with van der Waals surface area (Å²) >= 11 is 0. The molecule has 2 amide bonds. The maximum Gasteiger partial charge on any atom is 0.319 e. The summed E-state index contributed by atoms with van der Waals surface area (Å²) in [5.74, 6) is -0.638. The van der Waals surface area contributed by atoms with Crippen molar-refractivity contribution in [2.45, 2.75) is 13.3 Å². The molecule has 2 rings (SSSR count). The fraction of sp³-hybridized carbons (Fsp3) is 0.250. The zero-order chi connectivity index (χ0) is 14.5. The third-order valence-corrected chi connectivity index (χ3v) is 2.37. The van der Waals surface area contributed by atoms with Crippen molar-refractivity contribution in [1.29, 1.82) is 0 Å². The fourth-order valence-electron chi connectivity index (χ4n) is 1.48. The van der Waals surface area contributed by atoms with Crippen molar-refractivity contribution in [2.75, 3.05) is 11.9 Å². The van der Waals surface area contributed by atoms with E-state index in [1.807, 2.05) is 0 Å². The molecule has 2 N–H and O–H groups in total. The largest absolute Gasteiger partial charge is 0.339 e. The summed E-state index contributed by atoms with van der Waals surface area (Å²) in [5.41, 5.74) is -0.0995. The summed E-state index contributed by atoms with van der Waals surface area (Å²) in [5, 5.41) is 8.37. The van der Waals surface area contributed by atoms with Gasteiger partial charge in [0.05, 0.1) is 5.69 Å². The summed E-state index contributed by atoms with van der Waals surface area (Å²) in [7, 11) is 0. The lowest BCUT2D eigenvalue weighted by molar-refractivity contribution is 0.251. The minimum atomic E-state index is -0.840. The van der Waals surface area contributed by atoms with E-state index in [2.05, 4.69) is 20.8 Å². The van der Waals surface area contributed by atoms with E-state index in [0.717, 1.165) is 12.1 Å². The molecule has 0 saturated heterocycles. The van der Waals surface area contributed by atoms with Gasteiger partial charge in [-0.05, 0) is 19.1 Å². The van der Waals surface area contributed by atoms with Gasteiger partial charge in [-0.25, -0.2) is 13.6 Å². The van der Waals surface area contributed by atoms with Gasteiger partial charge in [0.15, 0.2) is 5.82 Å². The highest BCUT2D eigenvalue weighted by Gasteiger charge is 2.08. The van der Waals surface area contributed by atoms with E-state index in [-0.39, 0.29) is 12.2 Å². The minimum Gasteiger partial charge on any atom is -0.339 e. The molecule has 1 aromatic carbocycles. The zero-order valence-corrected chi connectivity index (χ0v) is 10.6. The van der Waals surface area contributed by atoms with Gasteiger partial charge in [-0.15, -0.1) is 0 Å². The van der Waals surface area contributed by atoms with Crippen LogP contribution in [-0.4, -0.2) is 22.7 Å². The first kappa shape index (κ1) is 13.9. The van der Waals surface area contributed by atoms with Gasteiger partial charge < -0.3 is 15.2 Å². The van der Waals surface area contributed by atoms with Crippen LogP contribution < -0.4 is 10.6 Å². The van der Waals surface area contributed by atoms with E-state index in [4.69, 9.17) is 4.52 Å². The molecule has 0 aliphatic carbocycles. The summed E-state index contributed by atoms with van der Waals surface area (Å²) < 4.78 is 30.8. The lowest BCUT2D eigenvalue weighted by Crippen LogP contribution is -2.30. The van der Waals surface area contributed by atoms with Crippen LogP contribution in [0.3, 0.4) is 0 Å². The Kier molecular flexibility index (Phi) is 4.24. The molecule has 20 heavy (non-hydrogen) atoms. The fourth-order valence-corrected chi connectivity index (χ4v) is 1.48. The van der Waals surface area contributed by atoms with Crippen LogP contribution in [0.2, 0.25) is 0 Å². The topological polar surface area (TPSA) is 80.0 Å². The summed E-state index contributed by atoms with van der Waals surface area (Å²) in [6, 6.07) is 2.29. The molecular formula is C12H12F2N4O2. The molecule has 0 radical (unpaired) electrons. The molecule has 0 unspecified atom stereocenters. The number of hydrogen-bond donors (Lipinski definition) is 2. The second-order valence-electron chi connectivity index (χ2n) is 3.99. The number of halogens is 2. The van der Waals surface area contributed by atoms with Crippen molar-refractivity contribution in [3.63, 3.8) is 0 Å². The summed E-state index contributed by atoms with van der Waals surface area (Å²) in [6.45, 7) is 1.93. The predicted octanol–water partition coefficient (Wildman–Crippen LogP) is 2.02. The first-order chi connectivity index (χ1) is 9.54. The van der Waals surface area contributed by atoms with E-state index in [1.54, 1.807) is 6.92 Å². The molecule has 1 heterocycles. The number of benzene rings is 1. The number of anilines is 1. The number of urea groups is 1. The first-order valence-corrected chi connectivity index (χ1v) is 5.83. The summed E-state index contributed by atoms with van der Waals surface area (Å²) in [6.07, 6.45) is 0.361. The average Bonchev–Trinajstić information content (AvgIpc) is 2.79. The number of nitrogens with zero attached hydrogens (tertiary/aromatic N) is 2. The van der Waals surface area contributed by atoms with Crippen molar-refractivity contribution in [3.8, 4) is 0 Å². The molecule has 0 aliphatic heterocycles. The smallest absolute Gasteiger partial charge is 0.319 e. The van der Waals surface area contributed by atoms with Crippen LogP contribution in [0.15, 0.2) is 22.7 Å². The van der Waals surface area contributed by atoms with E-state index in [9.17, 15) is 13.6 Å². The third kappa shape index (κ3) is 3.74. The monoisotopic (exact) mass is 282 g/mol. The standard InChI is InChI=1S/C12H12F2N4O2/c1-7-16-11(20-18-7)4-5-15-12(19)17-10-3-2-8(13)6-9(10)14/h2-3,6H,4-5H2,1H3,(H2,15,17,19). The van der Waals surface area contributed by atoms with E-state index in [1.165, 1.54) is 0 Å². The molecule has 0 bridgehead atoms. The normalized spacial score (nSPS) is 10.3. The lowest BCUT2D eigenvalue weighted by Gasteiger charge is -2.07. The number of hydrogen-bond acceptors (Lipinski definition) is 4. The molecular weight excluding hydrogens is 270 g/mol. The van der Waals surface area contributed by atoms with Crippen LogP contribution in [0.4, 0.5) is 19.3 Å². The highest BCUT2D eigenvalue weighted by molar-refractivity contribution is 5.89. The van der Waals surface area contributed by atoms with Gasteiger partial charge in [0.25, 0.3) is 0 Å². The Morgan fingerprint density at radius 2 is 2.20 bits per heavy atom. The third-order valence-electron chi connectivity index (χ3n) is 2.37. The van der Waals surface area contributed by atoms with Gasteiger partial charge in [0, 0.05) is 19.0 Å². The number of aromatic nitrogens is 2. The van der Waals surface area contributed by atoms with Crippen molar-refractivity contribution < 1.29 is 18.1 Å².